The highest BCUT2D eigenvalue weighted by molar-refractivity contribution is 7.61. The van der Waals surface area contributed by atoms with Crippen molar-refractivity contribution in [1.29, 1.82) is 0 Å². The second kappa shape index (κ2) is 5.08. The first-order valence-electron chi connectivity index (χ1n) is 4.63. The van der Waals surface area contributed by atoms with Crippen LogP contribution in [-0.4, -0.2) is 25.1 Å². The molecule has 0 radical (unpaired) electrons. The molecule has 1 aromatic rings. The van der Waals surface area contributed by atoms with Crippen molar-refractivity contribution in [1.82, 2.24) is 0 Å². The topological polar surface area (TPSA) is 65.0 Å². The normalized spacial score (nSPS) is 15.8. The zero-order valence-electron chi connectivity index (χ0n) is 9.41. The molecule has 0 amide bonds. The van der Waals surface area contributed by atoms with Gasteiger partial charge in [0.05, 0.1) is 5.30 Å². The van der Waals surface area contributed by atoms with Gasteiger partial charge in [0.1, 0.15) is 0 Å². The number of hydrogen-bond donors (Lipinski definition) is 1. The maximum Gasteiger partial charge on any atom is 0.363 e. The molecule has 5 nitrogen and oxygen atoms in total. The summed E-state index contributed by atoms with van der Waals surface area (Å²) in [7, 11) is -1.29. The molecule has 1 N–H and O–H groups in total. The molecule has 0 saturated carbocycles. The summed E-state index contributed by atoms with van der Waals surface area (Å²) in [6, 6.07) is 8.06. The molecule has 1 aromatic carbocycles. The quantitative estimate of drug-likeness (QED) is 0.629. The second-order valence-corrected chi connectivity index (χ2v) is 4.96. The minimum Gasteiger partial charge on any atom is -0.331 e. The van der Waals surface area contributed by atoms with Gasteiger partial charge in [-0.2, -0.15) is 0 Å². The van der Waals surface area contributed by atoms with Crippen LogP contribution in [0, 0.1) is 0 Å². The Bertz CT molecular complexity index is 374. The fourth-order valence-electron chi connectivity index (χ4n) is 1.05. The predicted octanol–water partition coefficient (Wildman–Crippen LogP) is 1.48. The SMILES string of the molecule is COC(C)(OC)OP(=O)(O)c1ccccc1. The largest absolute Gasteiger partial charge is 0.363 e. The van der Waals surface area contributed by atoms with E-state index in [0.29, 0.717) is 0 Å². The lowest BCUT2D eigenvalue weighted by Crippen LogP contribution is -2.33. The Labute approximate surface area is 94.5 Å². The molecule has 0 aromatic heterocycles. The van der Waals surface area contributed by atoms with Crippen molar-refractivity contribution in [2.75, 3.05) is 14.2 Å². The van der Waals surface area contributed by atoms with E-state index < -0.39 is 13.6 Å². The minimum absolute atomic E-state index is 0.190. The van der Waals surface area contributed by atoms with Crippen molar-refractivity contribution in [3.63, 3.8) is 0 Å². The minimum atomic E-state index is -3.95. The zero-order valence-corrected chi connectivity index (χ0v) is 10.3. The van der Waals surface area contributed by atoms with Crippen LogP contribution in [0.1, 0.15) is 6.92 Å². The molecular formula is C10H15O5P. The maximum absolute atomic E-state index is 11.9. The molecule has 0 aliphatic carbocycles. The lowest BCUT2D eigenvalue weighted by atomic mass is 10.4. The van der Waals surface area contributed by atoms with Crippen molar-refractivity contribution in [3.05, 3.63) is 30.3 Å². The number of benzene rings is 1. The van der Waals surface area contributed by atoms with Crippen molar-refractivity contribution < 1.29 is 23.5 Å². The Kier molecular flexibility index (Phi) is 4.24. The van der Waals surface area contributed by atoms with Crippen LogP contribution >= 0.6 is 7.60 Å². The predicted molar refractivity (Wildman–Crippen MR) is 59.4 cm³/mol. The van der Waals surface area contributed by atoms with Crippen LogP contribution in [0.4, 0.5) is 0 Å². The van der Waals surface area contributed by atoms with E-state index in [2.05, 4.69) is 0 Å². The van der Waals surface area contributed by atoms with E-state index in [1.54, 1.807) is 18.2 Å². The summed E-state index contributed by atoms with van der Waals surface area (Å²) in [5.41, 5.74) is 0. The maximum atomic E-state index is 11.9. The van der Waals surface area contributed by atoms with Gasteiger partial charge in [-0.15, -0.1) is 0 Å². The molecule has 1 atom stereocenters. The summed E-state index contributed by atoms with van der Waals surface area (Å²) < 4.78 is 26.6. The standard InChI is InChI=1S/C10H15O5P/c1-10(13-2,14-3)15-16(11,12)9-7-5-4-6-8-9/h4-8H,1-3H3,(H,11,12). The second-order valence-electron chi connectivity index (χ2n) is 3.22. The molecule has 0 bridgehead atoms. The van der Waals surface area contributed by atoms with E-state index in [9.17, 15) is 9.46 Å². The van der Waals surface area contributed by atoms with Crippen LogP contribution in [0.5, 0.6) is 0 Å². The fourth-order valence-corrected chi connectivity index (χ4v) is 2.30. The van der Waals surface area contributed by atoms with Gasteiger partial charge >= 0.3 is 7.60 Å². The van der Waals surface area contributed by atoms with Gasteiger partial charge in [-0.05, 0) is 12.1 Å². The number of ether oxygens (including phenoxy) is 2. The van der Waals surface area contributed by atoms with Gasteiger partial charge in [0.15, 0.2) is 0 Å². The van der Waals surface area contributed by atoms with Gasteiger partial charge in [-0.1, -0.05) is 18.2 Å². The average molecular weight is 246 g/mol. The van der Waals surface area contributed by atoms with Crippen LogP contribution in [0.2, 0.25) is 0 Å². The van der Waals surface area contributed by atoms with E-state index in [4.69, 9.17) is 14.0 Å². The van der Waals surface area contributed by atoms with E-state index >= 15 is 0 Å². The smallest absolute Gasteiger partial charge is 0.331 e. The first-order valence-corrected chi connectivity index (χ1v) is 6.21. The van der Waals surface area contributed by atoms with Crippen molar-refractivity contribution in [2.24, 2.45) is 0 Å². The molecule has 0 spiro atoms. The molecule has 16 heavy (non-hydrogen) atoms. The first-order chi connectivity index (χ1) is 7.43. The van der Waals surface area contributed by atoms with Gasteiger partial charge < -0.3 is 14.4 Å². The van der Waals surface area contributed by atoms with Gasteiger partial charge in [0, 0.05) is 21.1 Å². The average Bonchev–Trinajstić information content (AvgIpc) is 2.29. The molecule has 0 aliphatic rings. The van der Waals surface area contributed by atoms with E-state index in [1.165, 1.54) is 33.3 Å². The molecule has 6 heteroatoms. The number of hydrogen-bond acceptors (Lipinski definition) is 4. The van der Waals surface area contributed by atoms with Crippen LogP contribution in [-0.2, 0) is 18.6 Å². The molecule has 0 heterocycles. The van der Waals surface area contributed by atoms with Gasteiger partial charge in [-0.25, -0.2) is 4.52 Å². The van der Waals surface area contributed by atoms with Crippen LogP contribution in [0.25, 0.3) is 0 Å². The molecule has 0 fully saturated rings. The molecule has 1 rings (SSSR count). The number of methoxy groups -OCH3 is 2. The lowest BCUT2D eigenvalue weighted by Gasteiger charge is -2.28. The molecular weight excluding hydrogens is 231 g/mol. The molecule has 1 unspecified atom stereocenters. The van der Waals surface area contributed by atoms with E-state index in [1.807, 2.05) is 0 Å². The van der Waals surface area contributed by atoms with Gasteiger partial charge in [0.2, 0.25) is 0 Å². The summed E-state index contributed by atoms with van der Waals surface area (Å²) in [5.74, 6) is -1.54. The van der Waals surface area contributed by atoms with Crippen molar-refractivity contribution in [3.8, 4) is 0 Å². The van der Waals surface area contributed by atoms with Crippen LogP contribution < -0.4 is 5.30 Å². The van der Waals surface area contributed by atoms with Crippen LogP contribution in [0.15, 0.2) is 30.3 Å². The van der Waals surface area contributed by atoms with Crippen molar-refractivity contribution >= 4 is 12.9 Å². The summed E-state index contributed by atoms with van der Waals surface area (Å²) in [4.78, 5) is 9.76. The van der Waals surface area contributed by atoms with Gasteiger partial charge in [0.25, 0.3) is 5.97 Å². The van der Waals surface area contributed by atoms with E-state index in [-0.39, 0.29) is 5.30 Å². The Balaban J connectivity index is 2.92. The summed E-state index contributed by atoms with van der Waals surface area (Å²) in [5, 5.41) is 0.190. The highest BCUT2D eigenvalue weighted by Crippen LogP contribution is 2.45. The molecule has 90 valence electrons. The summed E-state index contributed by atoms with van der Waals surface area (Å²) in [6.07, 6.45) is 0. The Morgan fingerprint density at radius 2 is 1.69 bits per heavy atom. The third-order valence-electron chi connectivity index (χ3n) is 2.11. The Morgan fingerprint density at radius 1 is 1.19 bits per heavy atom. The highest BCUT2D eigenvalue weighted by atomic mass is 31.2. The third kappa shape index (κ3) is 3.14. The summed E-state index contributed by atoms with van der Waals surface area (Å²) in [6.45, 7) is 1.42. The van der Waals surface area contributed by atoms with Crippen LogP contribution in [0.3, 0.4) is 0 Å². The number of rotatable bonds is 5. The van der Waals surface area contributed by atoms with Gasteiger partial charge in [-0.3, -0.25) is 4.57 Å². The van der Waals surface area contributed by atoms with Crippen molar-refractivity contribution in [2.45, 2.75) is 12.9 Å². The first kappa shape index (κ1) is 13.4. The monoisotopic (exact) mass is 246 g/mol. The third-order valence-corrected chi connectivity index (χ3v) is 3.64. The lowest BCUT2D eigenvalue weighted by molar-refractivity contribution is -0.311. The Hall–Kier alpha value is -0.710. The Morgan fingerprint density at radius 3 is 2.12 bits per heavy atom. The van der Waals surface area contributed by atoms with E-state index in [0.717, 1.165) is 0 Å². The fraction of sp³-hybridized carbons (Fsp3) is 0.400. The summed E-state index contributed by atoms with van der Waals surface area (Å²) >= 11 is 0. The molecule has 0 aliphatic heterocycles. The highest BCUT2D eigenvalue weighted by Gasteiger charge is 2.35. The molecule has 0 saturated heterocycles. The zero-order chi connectivity index (χ0) is 12.2.